The van der Waals surface area contributed by atoms with Gasteiger partial charge in [-0.05, 0) is 12.5 Å². The molecule has 112 valence electrons. The number of phenols is 1. The van der Waals surface area contributed by atoms with Crippen LogP contribution in [0.25, 0.3) is 22.4 Å². The molecule has 0 atom stereocenters. The van der Waals surface area contributed by atoms with Crippen molar-refractivity contribution in [3.8, 4) is 28.1 Å². The van der Waals surface area contributed by atoms with E-state index in [-0.39, 0.29) is 5.75 Å². The molecule has 0 radical (unpaired) electrons. The fourth-order valence-corrected chi connectivity index (χ4v) is 2.62. The molecule has 3 aromatic rings. The van der Waals surface area contributed by atoms with E-state index in [2.05, 4.69) is 17.1 Å². The van der Waals surface area contributed by atoms with Crippen molar-refractivity contribution in [3.05, 3.63) is 60.0 Å². The van der Waals surface area contributed by atoms with Crippen molar-refractivity contribution >= 4 is 0 Å². The van der Waals surface area contributed by atoms with Crippen molar-refractivity contribution < 1.29 is 9.50 Å². The van der Waals surface area contributed by atoms with E-state index in [4.69, 9.17) is 0 Å². The maximum atomic E-state index is 14.4. The van der Waals surface area contributed by atoms with Gasteiger partial charge < -0.3 is 5.11 Å². The van der Waals surface area contributed by atoms with Gasteiger partial charge in [-0.25, -0.2) is 4.39 Å². The minimum atomic E-state index is -0.613. The van der Waals surface area contributed by atoms with Gasteiger partial charge in [0.05, 0.1) is 0 Å². The van der Waals surface area contributed by atoms with E-state index in [9.17, 15) is 9.50 Å². The van der Waals surface area contributed by atoms with Crippen LogP contribution in [-0.4, -0.2) is 15.3 Å². The van der Waals surface area contributed by atoms with Crippen LogP contribution in [0.15, 0.2) is 48.5 Å². The first-order chi connectivity index (χ1) is 10.7. The number of nitrogens with one attached hydrogen (secondary N) is 1. The summed E-state index contributed by atoms with van der Waals surface area (Å²) in [5.74, 6) is -0.960. The molecule has 22 heavy (non-hydrogen) atoms. The highest BCUT2D eigenvalue weighted by molar-refractivity contribution is 5.83. The summed E-state index contributed by atoms with van der Waals surface area (Å²) in [6.45, 7) is 2.06. The van der Waals surface area contributed by atoms with E-state index in [1.165, 1.54) is 6.07 Å². The van der Waals surface area contributed by atoms with Crippen LogP contribution in [0.5, 0.6) is 5.75 Å². The fourth-order valence-electron chi connectivity index (χ4n) is 2.62. The maximum absolute atomic E-state index is 14.4. The van der Waals surface area contributed by atoms with Crippen molar-refractivity contribution in [3.63, 3.8) is 0 Å². The Balaban J connectivity index is 2.24. The summed E-state index contributed by atoms with van der Waals surface area (Å²) in [5.41, 5.74) is 3.59. The number of aromatic hydroxyl groups is 1. The highest BCUT2D eigenvalue weighted by atomic mass is 19.1. The molecular formula is C18H17FN2O. The molecule has 0 aliphatic rings. The SMILES string of the molecule is CCCc1[nH]nc(-c2ccccc2)c1-c1cccc(O)c1F. The molecule has 0 saturated carbocycles. The van der Waals surface area contributed by atoms with Crippen LogP contribution in [0.4, 0.5) is 4.39 Å². The van der Waals surface area contributed by atoms with Crippen molar-refractivity contribution in [2.75, 3.05) is 0 Å². The molecule has 1 aromatic heterocycles. The van der Waals surface area contributed by atoms with Gasteiger partial charge in [-0.3, -0.25) is 5.10 Å². The lowest BCUT2D eigenvalue weighted by molar-refractivity contribution is 0.433. The Morgan fingerprint density at radius 3 is 2.59 bits per heavy atom. The quantitative estimate of drug-likeness (QED) is 0.742. The second-order valence-electron chi connectivity index (χ2n) is 5.18. The number of aromatic nitrogens is 2. The first-order valence-electron chi connectivity index (χ1n) is 7.33. The fraction of sp³-hybridized carbons (Fsp3) is 0.167. The molecule has 1 heterocycles. The van der Waals surface area contributed by atoms with Crippen LogP contribution in [0.3, 0.4) is 0 Å². The molecule has 0 saturated heterocycles. The lowest BCUT2D eigenvalue weighted by Gasteiger charge is -2.08. The molecule has 4 heteroatoms. The third-order valence-corrected chi connectivity index (χ3v) is 3.64. The number of aromatic amines is 1. The van der Waals surface area contributed by atoms with Gasteiger partial charge >= 0.3 is 0 Å². The minimum Gasteiger partial charge on any atom is -0.505 e. The maximum Gasteiger partial charge on any atom is 0.172 e. The van der Waals surface area contributed by atoms with Crippen LogP contribution in [0.2, 0.25) is 0 Å². The Labute approximate surface area is 128 Å². The van der Waals surface area contributed by atoms with E-state index >= 15 is 0 Å². The van der Waals surface area contributed by atoms with Gasteiger partial charge in [-0.15, -0.1) is 0 Å². The van der Waals surface area contributed by atoms with Crippen LogP contribution in [-0.2, 0) is 6.42 Å². The van der Waals surface area contributed by atoms with Gasteiger partial charge in [-0.1, -0.05) is 55.8 Å². The van der Waals surface area contributed by atoms with Crippen molar-refractivity contribution in [1.29, 1.82) is 0 Å². The predicted molar refractivity (Wildman–Crippen MR) is 85.1 cm³/mol. The number of halogens is 1. The predicted octanol–water partition coefficient (Wildman–Crippen LogP) is 4.54. The second kappa shape index (κ2) is 6.02. The molecule has 0 aliphatic carbocycles. The van der Waals surface area contributed by atoms with E-state index in [1.54, 1.807) is 12.1 Å². The lowest BCUT2D eigenvalue weighted by atomic mass is 9.96. The Morgan fingerprint density at radius 2 is 1.86 bits per heavy atom. The standard InChI is InChI=1S/C18H17FN2O/c1-2-7-14-16(13-10-6-11-15(22)17(13)19)18(21-20-14)12-8-4-3-5-9-12/h3-6,8-11,22H,2,7H2,1H3,(H,20,21). The summed E-state index contributed by atoms with van der Waals surface area (Å²) in [6, 6.07) is 14.3. The van der Waals surface area contributed by atoms with Crippen LogP contribution < -0.4 is 0 Å². The van der Waals surface area contributed by atoms with Crippen LogP contribution in [0, 0.1) is 5.82 Å². The van der Waals surface area contributed by atoms with E-state index < -0.39 is 5.82 Å². The van der Waals surface area contributed by atoms with Gasteiger partial charge in [0.25, 0.3) is 0 Å². The summed E-state index contributed by atoms with van der Waals surface area (Å²) in [5, 5.41) is 17.1. The Hall–Kier alpha value is -2.62. The molecule has 2 N–H and O–H groups in total. The molecule has 0 aliphatic heterocycles. The van der Waals surface area contributed by atoms with Crippen molar-refractivity contribution in [2.24, 2.45) is 0 Å². The largest absolute Gasteiger partial charge is 0.505 e. The number of hydrogen-bond acceptors (Lipinski definition) is 2. The number of aryl methyl sites for hydroxylation is 1. The van der Waals surface area contributed by atoms with Gasteiger partial charge in [0.1, 0.15) is 5.69 Å². The number of hydrogen-bond donors (Lipinski definition) is 2. The summed E-state index contributed by atoms with van der Waals surface area (Å²) >= 11 is 0. The Bertz CT molecular complexity index is 781. The molecule has 3 rings (SSSR count). The highest BCUT2D eigenvalue weighted by Gasteiger charge is 2.20. The summed E-state index contributed by atoms with van der Waals surface area (Å²) in [4.78, 5) is 0. The number of benzene rings is 2. The molecule has 0 spiro atoms. The van der Waals surface area contributed by atoms with Crippen molar-refractivity contribution in [2.45, 2.75) is 19.8 Å². The number of H-pyrrole nitrogens is 1. The topological polar surface area (TPSA) is 48.9 Å². The van der Waals surface area contributed by atoms with Gasteiger partial charge in [0.15, 0.2) is 11.6 Å². The lowest BCUT2D eigenvalue weighted by Crippen LogP contribution is -1.92. The van der Waals surface area contributed by atoms with Gasteiger partial charge in [0.2, 0.25) is 0 Å². The molecule has 2 aromatic carbocycles. The number of nitrogens with zero attached hydrogens (tertiary/aromatic N) is 1. The number of phenolic OH excluding ortho intramolecular Hbond substituents is 1. The third kappa shape index (κ3) is 2.48. The first-order valence-corrected chi connectivity index (χ1v) is 7.33. The van der Waals surface area contributed by atoms with E-state index in [1.807, 2.05) is 30.3 Å². The van der Waals surface area contributed by atoms with Gasteiger partial charge in [-0.2, -0.15) is 5.10 Å². The summed E-state index contributed by atoms with van der Waals surface area (Å²) in [6.07, 6.45) is 1.69. The zero-order valence-electron chi connectivity index (χ0n) is 12.3. The zero-order valence-corrected chi connectivity index (χ0v) is 12.3. The van der Waals surface area contributed by atoms with Crippen LogP contribution in [0.1, 0.15) is 19.0 Å². The Morgan fingerprint density at radius 1 is 1.09 bits per heavy atom. The van der Waals surface area contributed by atoms with Gasteiger partial charge in [0, 0.05) is 22.4 Å². The third-order valence-electron chi connectivity index (χ3n) is 3.64. The minimum absolute atomic E-state index is 0.347. The van der Waals surface area contributed by atoms with Crippen LogP contribution >= 0.6 is 0 Å². The molecule has 0 unspecified atom stereocenters. The Kier molecular flexibility index (Phi) is 3.92. The van der Waals surface area contributed by atoms with E-state index in [0.717, 1.165) is 29.7 Å². The molecule has 3 nitrogen and oxygen atoms in total. The van der Waals surface area contributed by atoms with Crippen molar-refractivity contribution in [1.82, 2.24) is 10.2 Å². The average Bonchev–Trinajstić information content (AvgIpc) is 2.95. The molecule has 0 fully saturated rings. The first kappa shape index (κ1) is 14.3. The average molecular weight is 296 g/mol. The highest BCUT2D eigenvalue weighted by Crippen LogP contribution is 2.37. The van der Waals surface area contributed by atoms with E-state index in [0.29, 0.717) is 11.3 Å². The zero-order chi connectivity index (χ0) is 15.5. The summed E-state index contributed by atoms with van der Waals surface area (Å²) < 4.78 is 14.4. The smallest absolute Gasteiger partial charge is 0.172 e. The molecule has 0 bridgehead atoms. The second-order valence-corrected chi connectivity index (χ2v) is 5.18. The number of rotatable bonds is 4. The normalized spacial score (nSPS) is 10.8. The molecule has 0 amide bonds. The monoisotopic (exact) mass is 296 g/mol. The molecular weight excluding hydrogens is 279 g/mol. The summed E-state index contributed by atoms with van der Waals surface area (Å²) in [7, 11) is 0.